The maximum absolute atomic E-state index is 5.17. The molecule has 6 bridgehead atoms. The number of pyridine rings is 1. The Morgan fingerprint density at radius 3 is 1.70 bits per heavy atom. The number of aromatic nitrogens is 1. The number of benzene rings is 2. The van der Waals surface area contributed by atoms with E-state index in [4.69, 9.17) is 4.98 Å². The molecule has 1 aliphatic rings. The molecule has 0 fully saturated rings. The largest absolute Gasteiger partial charge is 0.378 e. The van der Waals surface area contributed by atoms with Gasteiger partial charge < -0.3 is 4.90 Å². The minimum absolute atomic E-state index is 0.360. The molecule has 0 N–H and O–H groups in total. The van der Waals surface area contributed by atoms with Crippen LogP contribution >= 0.6 is 23.5 Å². The Morgan fingerprint density at radius 1 is 0.815 bits per heavy atom. The molecular weight excluding hydrogens is 368 g/mol. The van der Waals surface area contributed by atoms with Gasteiger partial charge >= 0.3 is 0 Å². The van der Waals surface area contributed by atoms with Crippen LogP contribution in [-0.4, -0.2) is 31.6 Å². The van der Waals surface area contributed by atoms with Gasteiger partial charge in [-0.25, -0.2) is 0 Å². The van der Waals surface area contributed by atoms with E-state index < -0.39 is 0 Å². The van der Waals surface area contributed by atoms with Crippen molar-refractivity contribution in [1.82, 2.24) is 4.98 Å². The number of fused-ring (bicyclic) bond motifs is 2. The Hall–Kier alpha value is -1.65. The Kier molecular flexibility index (Phi) is 5.38. The first-order chi connectivity index (χ1) is 13.1. The molecule has 2 atom stereocenters. The fraction of sp³-hybridized carbons (Fsp3) is 0.348. The summed E-state index contributed by atoms with van der Waals surface area (Å²) in [6.45, 7) is 0. The van der Waals surface area contributed by atoms with Gasteiger partial charge in [0.05, 0.1) is 21.9 Å². The number of anilines is 1. The normalized spacial score (nSPS) is 19.1. The van der Waals surface area contributed by atoms with Gasteiger partial charge in [-0.3, -0.25) is 4.98 Å². The number of thioether (sulfide) groups is 2. The van der Waals surface area contributed by atoms with E-state index in [2.05, 4.69) is 80.0 Å². The van der Waals surface area contributed by atoms with E-state index in [-0.39, 0.29) is 0 Å². The van der Waals surface area contributed by atoms with Gasteiger partial charge in [0.15, 0.2) is 0 Å². The summed E-state index contributed by atoms with van der Waals surface area (Å²) in [5.74, 6) is 0. The van der Waals surface area contributed by atoms with Crippen molar-refractivity contribution in [2.45, 2.75) is 23.3 Å². The molecule has 2 heterocycles. The highest BCUT2D eigenvalue weighted by molar-refractivity contribution is 7.99. The average Bonchev–Trinajstić information content (AvgIpc) is 2.69. The molecular formula is C23H26N2S2. The van der Waals surface area contributed by atoms with Crippen LogP contribution in [0.4, 0.5) is 5.69 Å². The standard InChI is InChI=1S/C23H26N2S2/c1-25(2)17-13-20-22(26-3)11-15-7-5-10-19-16(8-6-9-18(15)19)12-23(27-4)21(14-17)24-20/h5-10,13-14,22-23H,11-12H2,1-4H3. The molecule has 27 heavy (non-hydrogen) atoms. The van der Waals surface area contributed by atoms with Crippen LogP contribution in [0.25, 0.3) is 10.8 Å². The highest BCUT2D eigenvalue weighted by Crippen LogP contribution is 2.39. The van der Waals surface area contributed by atoms with Gasteiger partial charge in [-0.2, -0.15) is 23.5 Å². The maximum atomic E-state index is 5.17. The summed E-state index contributed by atoms with van der Waals surface area (Å²) in [7, 11) is 4.24. The summed E-state index contributed by atoms with van der Waals surface area (Å²) in [4.78, 5) is 7.37. The molecule has 0 saturated heterocycles. The van der Waals surface area contributed by atoms with E-state index >= 15 is 0 Å². The zero-order valence-electron chi connectivity index (χ0n) is 16.4. The third kappa shape index (κ3) is 3.57. The lowest BCUT2D eigenvalue weighted by Crippen LogP contribution is -2.13. The van der Waals surface area contributed by atoms with Crippen molar-refractivity contribution >= 4 is 40.0 Å². The predicted molar refractivity (Wildman–Crippen MR) is 122 cm³/mol. The molecule has 3 aromatic rings. The van der Waals surface area contributed by atoms with E-state index in [1.54, 1.807) is 0 Å². The van der Waals surface area contributed by atoms with Crippen molar-refractivity contribution in [3.8, 4) is 0 Å². The summed E-state index contributed by atoms with van der Waals surface area (Å²) < 4.78 is 0. The van der Waals surface area contributed by atoms with Crippen molar-refractivity contribution in [3.63, 3.8) is 0 Å². The minimum Gasteiger partial charge on any atom is -0.378 e. The first kappa shape index (κ1) is 18.7. The molecule has 0 spiro atoms. The van der Waals surface area contributed by atoms with E-state index in [0.717, 1.165) is 12.8 Å². The van der Waals surface area contributed by atoms with Crippen molar-refractivity contribution in [2.75, 3.05) is 31.5 Å². The summed E-state index contributed by atoms with van der Waals surface area (Å²) in [6, 6.07) is 18.1. The lowest BCUT2D eigenvalue weighted by molar-refractivity contribution is 0.841. The van der Waals surface area contributed by atoms with Crippen molar-refractivity contribution in [1.29, 1.82) is 0 Å². The predicted octanol–water partition coefficient (Wildman–Crippen LogP) is 5.91. The minimum atomic E-state index is 0.360. The zero-order valence-corrected chi connectivity index (χ0v) is 18.0. The smallest absolute Gasteiger partial charge is 0.0561 e. The van der Waals surface area contributed by atoms with Crippen LogP contribution in [-0.2, 0) is 12.8 Å². The van der Waals surface area contributed by atoms with Crippen LogP contribution in [0.1, 0.15) is 33.0 Å². The monoisotopic (exact) mass is 394 g/mol. The summed E-state index contributed by atoms with van der Waals surface area (Å²) in [6.07, 6.45) is 6.43. The third-order valence-corrected chi connectivity index (χ3v) is 7.46. The van der Waals surface area contributed by atoms with Crippen LogP contribution in [0.15, 0.2) is 48.5 Å². The van der Waals surface area contributed by atoms with Gasteiger partial charge in [-0.1, -0.05) is 36.4 Å². The Labute approximate surface area is 170 Å². The molecule has 4 heteroatoms. The molecule has 2 aromatic carbocycles. The Bertz CT molecular complexity index is 896. The van der Waals surface area contributed by atoms with Gasteiger partial charge in [0.1, 0.15) is 0 Å². The van der Waals surface area contributed by atoms with E-state index in [0.29, 0.717) is 10.5 Å². The fourth-order valence-electron chi connectivity index (χ4n) is 3.96. The molecule has 0 amide bonds. The highest BCUT2D eigenvalue weighted by atomic mass is 32.2. The van der Waals surface area contributed by atoms with Crippen LogP contribution < -0.4 is 4.90 Å². The second-order valence-electron chi connectivity index (χ2n) is 7.36. The van der Waals surface area contributed by atoms with Gasteiger partial charge in [-0.15, -0.1) is 0 Å². The van der Waals surface area contributed by atoms with Crippen LogP contribution in [0.3, 0.4) is 0 Å². The first-order valence-electron chi connectivity index (χ1n) is 9.35. The van der Waals surface area contributed by atoms with Crippen LogP contribution in [0.5, 0.6) is 0 Å². The van der Waals surface area contributed by atoms with E-state index in [1.165, 1.54) is 39.0 Å². The van der Waals surface area contributed by atoms with Gasteiger partial charge in [-0.05, 0) is 59.4 Å². The number of rotatable bonds is 3. The Balaban J connectivity index is 1.98. The topological polar surface area (TPSA) is 16.1 Å². The summed E-state index contributed by atoms with van der Waals surface area (Å²) in [5, 5.41) is 3.52. The molecule has 1 aliphatic heterocycles. The fourth-order valence-corrected chi connectivity index (χ4v) is 5.38. The molecule has 4 rings (SSSR count). The molecule has 0 saturated carbocycles. The average molecular weight is 395 g/mol. The summed E-state index contributed by atoms with van der Waals surface area (Å²) >= 11 is 3.81. The number of hydrogen-bond donors (Lipinski definition) is 0. The molecule has 1 aromatic heterocycles. The van der Waals surface area contributed by atoms with Gasteiger partial charge in [0.25, 0.3) is 0 Å². The van der Waals surface area contributed by atoms with Crippen molar-refractivity contribution in [2.24, 2.45) is 0 Å². The number of hydrogen-bond acceptors (Lipinski definition) is 4. The van der Waals surface area contributed by atoms with Crippen molar-refractivity contribution in [3.05, 3.63) is 71.0 Å². The van der Waals surface area contributed by atoms with Gasteiger partial charge in [0, 0.05) is 19.8 Å². The maximum Gasteiger partial charge on any atom is 0.0561 e. The Morgan fingerprint density at radius 2 is 1.30 bits per heavy atom. The van der Waals surface area contributed by atoms with E-state index in [1.807, 2.05) is 23.5 Å². The first-order valence-corrected chi connectivity index (χ1v) is 11.9. The second-order valence-corrected chi connectivity index (χ2v) is 9.44. The van der Waals surface area contributed by atoms with Crippen LogP contribution in [0, 0.1) is 0 Å². The SMILES string of the molecule is CSC1Cc2cccc3c(cccc23)CC(SC)c2cc(N(C)C)cc1n2. The lowest BCUT2D eigenvalue weighted by atomic mass is 9.95. The third-order valence-electron chi connectivity index (χ3n) is 5.51. The van der Waals surface area contributed by atoms with Crippen molar-refractivity contribution < 1.29 is 0 Å². The molecule has 140 valence electrons. The molecule has 2 nitrogen and oxygen atoms in total. The lowest BCUT2D eigenvalue weighted by Gasteiger charge is -2.22. The molecule has 2 unspecified atom stereocenters. The molecule has 0 radical (unpaired) electrons. The van der Waals surface area contributed by atoms with Gasteiger partial charge in [0.2, 0.25) is 0 Å². The molecule has 0 aliphatic carbocycles. The summed E-state index contributed by atoms with van der Waals surface area (Å²) in [5.41, 5.74) is 6.51. The quantitative estimate of drug-likeness (QED) is 0.549. The number of nitrogens with zero attached hydrogens (tertiary/aromatic N) is 2. The zero-order chi connectivity index (χ0) is 19.0. The van der Waals surface area contributed by atoms with E-state index in [9.17, 15) is 0 Å². The van der Waals surface area contributed by atoms with Crippen LogP contribution in [0.2, 0.25) is 0 Å². The highest BCUT2D eigenvalue weighted by Gasteiger charge is 2.22. The second kappa shape index (κ2) is 7.76.